The van der Waals surface area contributed by atoms with Crippen molar-refractivity contribution in [1.82, 2.24) is 4.98 Å². The van der Waals surface area contributed by atoms with Crippen molar-refractivity contribution < 1.29 is 12.6 Å². The van der Waals surface area contributed by atoms with Gasteiger partial charge in [-0.2, -0.15) is 0 Å². The van der Waals surface area contributed by atoms with Crippen molar-refractivity contribution in [1.29, 1.82) is 0 Å². The summed E-state index contributed by atoms with van der Waals surface area (Å²) < 4.78 is 38.6. The lowest BCUT2D eigenvalue weighted by atomic mass is 10.2. The Bertz CT molecular complexity index is 1060. The lowest BCUT2D eigenvalue weighted by molar-refractivity contribution is 0.591. The summed E-state index contributed by atoms with van der Waals surface area (Å²) in [5.74, 6) is 0.373. The number of hydrogen-bond acceptors (Lipinski definition) is 3. The summed E-state index contributed by atoms with van der Waals surface area (Å²) >= 11 is 0. The zero-order valence-electron chi connectivity index (χ0n) is 15.7. The Morgan fingerprint density at radius 3 is 2.04 bits per heavy atom. The predicted octanol–water partition coefficient (Wildman–Crippen LogP) is 4.12. The molecule has 0 saturated heterocycles. The number of aryl methyl sites for hydroxylation is 3. The van der Waals surface area contributed by atoms with E-state index < -0.39 is 20.6 Å². The SMILES string of the molecule is Cc1ccc(S(=O)CCc2c(C)c[nH]c2S(=O)(=O)c2ccc(C)cc2)cc1. The van der Waals surface area contributed by atoms with Gasteiger partial charge in [-0.15, -0.1) is 0 Å². The summed E-state index contributed by atoms with van der Waals surface area (Å²) in [7, 11) is -4.81. The van der Waals surface area contributed by atoms with Crippen molar-refractivity contribution >= 4 is 20.6 Å². The van der Waals surface area contributed by atoms with Gasteiger partial charge in [0.05, 0.1) is 15.7 Å². The van der Waals surface area contributed by atoms with Crippen molar-refractivity contribution in [3.8, 4) is 0 Å². The minimum Gasteiger partial charge on any atom is -0.352 e. The molecule has 0 fully saturated rings. The van der Waals surface area contributed by atoms with E-state index in [9.17, 15) is 12.6 Å². The number of hydrogen-bond donors (Lipinski definition) is 1. The van der Waals surface area contributed by atoms with Gasteiger partial charge in [-0.25, -0.2) is 8.42 Å². The number of H-pyrrole nitrogens is 1. The molecule has 1 heterocycles. The molecular weight excluding hydrogens is 378 g/mol. The van der Waals surface area contributed by atoms with Gasteiger partial charge in [0.25, 0.3) is 0 Å². The van der Waals surface area contributed by atoms with Crippen LogP contribution >= 0.6 is 0 Å². The Hall–Kier alpha value is -2.18. The topological polar surface area (TPSA) is 67.0 Å². The maximum absolute atomic E-state index is 13.0. The lowest BCUT2D eigenvalue weighted by Crippen LogP contribution is -2.09. The first-order valence-corrected chi connectivity index (χ1v) is 11.5. The normalized spacial score (nSPS) is 12.9. The third kappa shape index (κ3) is 4.22. The predicted molar refractivity (Wildman–Crippen MR) is 108 cm³/mol. The van der Waals surface area contributed by atoms with Gasteiger partial charge < -0.3 is 4.98 Å². The first-order chi connectivity index (χ1) is 12.8. The molecular formula is C21H23NO3S2. The van der Waals surface area contributed by atoms with Gasteiger partial charge in [0.2, 0.25) is 9.84 Å². The van der Waals surface area contributed by atoms with E-state index >= 15 is 0 Å². The maximum Gasteiger partial charge on any atom is 0.222 e. The molecule has 6 heteroatoms. The third-order valence-corrected chi connectivity index (χ3v) is 7.76. The average molecular weight is 402 g/mol. The molecule has 0 bridgehead atoms. The number of sulfone groups is 1. The summed E-state index contributed by atoms with van der Waals surface area (Å²) in [5.41, 5.74) is 3.69. The van der Waals surface area contributed by atoms with Crippen LogP contribution in [0.2, 0.25) is 0 Å². The zero-order chi connectivity index (χ0) is 19.6. The second-order valence-corrected chi connectivity index (χ2v) is 10.2. The largest absolute Gasteiger partial charge is 0.352 e. The van der Waals surface area contributed by atoms with Crippen LogP contribution in [-0.2, 0) is 27.1 Å². The molecule has 4 nitrogen and oxygen atoms in total. The Morgan fingerprint density at radius 2 is 1.44 bits per heavy atom. The highest BCUT2D eigenvalue weighted by Gasteiger charge is 2.24. The van der Waals surface area contributed by atoms with Gasteiger partial charge in [0, 0.05) is 16.8 Å². The van der Waals surface area contributed by atoms with Gasteiger partial charge in [0.15, 0.2) is 0 Å². The fraction of sp³-hybridized carbons (Fsp3) is 0.238. The van der Waals surface area contributed by atoms with Crippen LogP contribution < -0.4 is 0 Å². The van der Waals surface area contributed by atoms with Crippen LogP contribution in [0.25, 0.3) is 0 Å². The van der Waals surface area contributed by atoms with E-state index in [1.807, 2.05) is 45.0 Å². The second kappa shape index (κ2) is 7.82. The van der Waals surface area contributed by atoms with E-state index in [4.69, 9.17) is 0 Å². The quantitative estimate of drug-likeness (QED) is 0.675. The highest BCUT2D eigenvalue weighted by molar-refractivity contribution is 7.91. The summed E-state index contributed by atoms with van der Waals surface area (Å²) in [6.45, 7) is 5.77. The molecule has 0 aliphatic carbocycles. The second-order valence-electron chi connectivity index (χ2n) is 6.71. The Labute approximate surface area is 163 Å². The molecule has 27 heavy (non-hydrogen) atoms. The number of aromatic nitrogens is 1. The molecule has 1 atom stereocenters. The molecule has 1 N–H and O–H groups in total. The van der Waals surface area contributed by atoms with Crippen molar-refractivity contribution in [3.05, 3.63) is 77.0 Å². The van der Waals surface area contributed by atoms with Gasteiger partial charge in [-0.05, 0) is 62.6 Å². The fourth-order valence-corrected chi connectivity index (χ4v) is 5.51. The van der Waals surface area contributed by atoms with Gasteiger partial charge >= 0.3 is 0 Å². The molecule has 3 aromatic rings. The van der Waals surface area contributed by atoms with Gasteiger partial charge in [-0.1, -0.05) is 35.4 Å². The highest BCUT2D eigenvalue weighted by atomic mass is 32.2. The highest BCUT2D eigenvalue weighted by Crippen LogP contribution is 2.26. The molecule has 0 amide bonds. The minimum absolute atomic E-state index is 0.199. The molecule has 0 saturated carbocycles. The fourth-order valence-electron chi connectivity index (χ4n) is 2.92. The molecule has 142 valence electrons. The van der Waals surface area contributed by atoms with E-state index in [2.05, 4.69) is 4.98 Å². The van der Waals surface area contributed by atoms with E-state index in [-0.39, 0.29) is 9.92 Å². The standard InChI is InChI=1S/C21H23NO3S2/c1-15-4-8-18(9-5-15)26(23)13-12-20-17(3)14-22-21(20)27(24,25)19-10-6-16(2)7-11-19/h4-11,14,22H,12-13H2,1-3H3. The summed E-state index contributed by atoms with van der Waals surface area (Å²) in [6, 6.07) is 14.4. The van der Waals surface area contributed by atoms with Crippen LogP contribution in [0, 0.1) is 20.8 Å². The smallest absolute Gasteiger partial charge is 0.222 e. The van der Waals surface area contributed by atoms with E-state index in [1.54, 1.807) is 30.5 Å². The minimum atomic E-state index is -3.64. The summed E-state index contributed by atoms with van der Waals surface area (Å²) in [5, 5.41) is 0.199. The van der Waals surface area contributed by atoms with Gasteiger partial charge in [-0.3, -0.25) is 4.21 Å². The monoisotopic (exact) mass is 401 g/mol. The summed E-state index contributed by atoms with van der Waals surface area (Å²) in [6.07, 6.45) is 2.13. The van der Waals surface area contributed by atoms with Crippen molar-refractivity contribution in [3.63, 3.8) is 0 Å². The molecule has 0 aliphatic heterocycles. The number of rotatable bonds is 6. The Morgan fingerprint density at radius 1 is 0.889 bits per heavy atom. The average Bonchev–Trinajstić information content (AvgIpc) is 3.02. The summed E-state index contributed by atoms with van der Waals surface area (Å²) in [4.78, 5) is 3.93. The van der Waals surface area contributed by atoms with Crippen LogP contribution in [0.3, 0.4) is 0 Å². The van der Waals surface area contributed by atoms with Crippen LogP contribution in [-0.4, -0.2) is 23.4 Å². The number of aromatic amines is 1. The molecule has 1 aromatic heterocycles. The first-order valence-electron chi connectivity index (χ1n) is 8.72. The lowest BCUT2D eigenvalue weighted by Gasteiger charge is -2.08. The van der Waals surface area contributed by atoms with E-state index in [1.165, 1.54) is 0 Å². The molecule has 0 aliphatic rings. The van der Waals surface area contributed by atoms with Crippen molar-refractivity contribution in [2.45, 2.75) is 42.0 Å². The Balaban J connectivity index is 1.85. The molecule has 0 spiro atoms. The van der Waals surface area contributed by atoms with E-state index in [0.29, 0.717) is 17.7 Å². The van der Waals surface area contributed by atoms with Crippen molar-refractivity contribution in [2.24, 2.45) is 0 Å². The van der Waals surface area contributed by atoms with Crippen LogP contribution in [0.4, 0.5) is 0 Å². The molecule has 3 rings (SSSR count). The first kappa shape index (κ1) is 19.6. The molecule has 1 unspecified atom stereocenters. The third-order valence-electron chi connectivity index (χ3n) is 4.59. The van der Waals surface area contributed by atoms with Gasteiger partial charge in [0.1, 0.15) is 5.03 Å². The van der Waals surface area contributed by atoms with Crippen LogP contribution in [0.5, 0.6) is 0 Å². The maximum atomic E-state index is 13.0. The zero-order valence-corrected chi connectivity index (χ0v) is 17.3. The molecule has 2 aromatic carbocycles. The van der Waals surface area contributed by atoms with Crippen LogP contribution in [0.15, 0.2) is 69.5 Å². The molecule has 0 radical (unpaired) electrons. The number of benzene rings is 2. The Kier molecular flexibility index (Phi) is 5.67. The van der Waals surface area contributed by atoms with Crippen molar-refractivity contribution in [2.75, 3.05) is 5.75 Å². The van der Waals surface area contributed by atoms with E-state index in [0.717, 1.165) is 21.6 Å². The van der Waals surface area contributed by atoms with Crippen LogP contribution in [0.1, 0.15) is 22.3 Å². The number of nitrogens with one attached hydrogen (secondary N) is 1.